The highest BCUT2D eigenvalue weighted by Crippen LogP contribution is 2.34. The van der Waals surface area contributed by atoms with Crippen LogP contribution in [0.5, 0.6) is 0 Å². The summed E-state index contributed by atoms with van der Waals surface area (Å²) in [6.45, 7) is 7.25. The third-order valence-electron chi connectivity index (χ3n) is 5.79. The Balaban J connectivity index is 1.62. The minimum atomic E-state index is -4.85. The second-order valence-corrected chi connectivity index (χ2v) is 12.8. The van der Waals surface area contributed by atoms with Gasteiger partial charge < -0.3 is 15.8 Å². The number of ether oxygens (including phenoxy) is 1. The van der Waals surface area contributed by atoms with E-state index in [2.05, 4.69) is 15.2 Å². The molecule has 14 heteroatoms. The molecule has 3 N–H and O–H groups in total. The molecule has 2 aromatic carbocycles. The maximum atomic E-state index is 15.3. The molecule has 0 bridgehead atoms. The zero-order valence-electron chi connectivity index (χ0n) is 21.4. The number of carbonyl (C=O) groups excluding carboxylic acids is 1. The molecule has 1 aromatic heterocycles. The average Bonchev–Trinajstić information content (AvgIpc) is 3.31. The number of rotatable bonds is 8. The molecule has 0 saturated carbocycles. The Bertz CT molecular complexity index is 1460. The topological polar surface area (TPSA) is 118 Å². The first-order chi connectivity index (χ1) is 18.3. The summed E-state index contributed by atoms with van der Waals surface area (Å²) in [5.41, 5.74) is 7.41. The van der Waals surface area contributed by atoms with Gasteiger partial charge in [-0.3, -0.25) is 4.90 Å². The number of thiazole rings is 1. The van der Waals surface area contributed by atoms with Crippen LogP contribution in [0.15, 0.2) is 46.1 Å². The number of sulfonamides is 1. The summed E-state index contributed by atoms with van der Waals surface area (Å²) in [6, 6.07) is 6.29. The van der Waals surface area contributed by atoms with Crippen LogP contribution in [0.4, 0.5) is 25.1 Å². The lowest BCUT2D eigenvalue weighted by Crippen LogP contribution is -2.41. The Morgan fingerprint density at radius 2 is 1.97 bits per heavy atom. The zero-order chi connectivity index (χ0) is 28.5. The van der Waals surface area contributed by atoms with Gasteiger partial charge >= 0.3 is 6.09 Å². The molecule has 0 spiro atoms. The van der Waals surface area contributed by atoms with Crippen molar-refractivity contribution in [3.05, 3.63) is 69.0 Å². The number of nitrogens with zero attached hydrogens (tertiary/aromatic N) is 3. The van der Waals surface area contributed by atoms with E-state index in [9.17, 15) is 17.6 Å². The molecule has 0 aliphatic carbocycles. The quantitative estimate of drug-likeness (QED) is 0.327. The molecule has 0 radical (unpaired) electrons. The van der Waals surface area contributed by atoms with Gasteiger partial charge in [0.05, 0.1) is 16.2 Å². The minimum Gasteiger partial charge on any atom is -0.443 e. The van der Waals surface area contributed by atoms with E-state index in [-0.39, 0.29) is 26.4 Å². The Kier molecular flexibility index (Phi) is 8.47. The lowest BCUT2D eigenvalue weighted by atomic mass is 10.1. The Labute approximate surface area is 234 Å². The first-order valence-corrected chi connectivity index (χ1v) is 14.7. The number of halogens is 3. The molecule has 1 atom stereocenters. The van der Waals surface area contributed by atoms with E-state index < -0.39 is 44.4 Å². The number of aromatic nitrogens is 1. The molecule has 1 aliphatic rings. The lowest BCUT2D eigenvalue weighted by Gasteiger charge is -2.31. The van der Waals surface area contributed by atoms with E-state index in [1.807, 2.05) is 0 Å². The largest absolute Gasteiger partial charge is 0.443 e. The van der Waals surface area contributed by atoms with Crippen molar-refractivity contribution < 1.29 is 26.7 Å². The maximum absolute atomic E-state index is 15.3. The number of anilines is 2. The fourth-order valence-corrected chi connectivity index (χ4v) is 6.05. The summed E-state index contributed by atoms with van der Waals surface area (Å²) in [5, 5.41) is 3.84. The molecule has 3 aromatic rings. The maximum Gasteiger partial charge on any atom is 0.430 e. The van der Waals surface area contributed by atoms with Gasteiger partial charge in [-0.1, -0.05) is 17.7 Å². The normalized spacial score (nSPS) is 14.9. The number of nitrogens with one attached hydrogen (secondary N) is 1. The van der Waals surface area contributed by atoms with Crippen LogP contribution < -0.4 is 15.4 Å². The van der Waals surface area contributed by atoms with E-state index in [0.29, 0.717) is 6.54 Å². The van der Waals surface area contributed by atoms with Crippen LogP contribution in [0.3, 0.4) is 0 Å². The van der Waals surface area contributed by atoms with Crippen molar-refractivity contribution in [2.24, 2.45) is 5.73 Å². The van der Waals surface area contributed by atoms with Gasteiger partial charge in [-0.25, -0.2) is 27.0 Å². The van der Waals surface area contributed by atoms with Crippen LogP contribution in [0.25, 0.3) is 0 Å². The number of benzene rings is 2. The van der Waals surface area contributed by atoms with Crippen molar-refractivity contribution in [1.82, 2.24) is 9.88 Å². The number of hydrogen-bond donors (Lipinski definition) is 2. The molecule has 1 saturated heterocycles. The van der Waals surface area contributed by atoms with E-state index in [0.717, 1.165) is 48.5 Å². The van der Waals surface area contributed by atoms with Gasteiger partial charge in [-0.15, -0.1) is 15.6 Å². The summed E-state index contributed by atoms with van der Waals surface area (Å²) in [7, 11) is -4.85. The first-order valence-electron chi connectivity index (χ1n) is 11.9. The number of carbonyl (C=O) groups is 1. The summed E-state index contributed by atoms with van der Waals surface area (Å²) >= 11 is 7.36. The Morgan fingerprint density at radius 3 is 2.56 bits per heavy atom. The van der Waals surface area contributed by atoms with Gasteiger partial charge in [0, 0.05) is 17.5 Å². The predicted octanol–water partition coefficient (Wildman–Crippen LogP) is 5.48. The summed E-state index contributed by atoms with van der Waals surface area (Å²) in [6.07, 6.45) is -1.26. The number of likely N-dealkylation sites (tertiary alicyclic amines) is 1. The van der Waals surface area contributed by atoms with Crippen molar-refractivity contribution in [1.29, 1.82) is 0 Å². The summed E-state index contributed by atoms with van der Waals surface area (Å²) < 4.78 is 62.4. The fourth-order valence-electron chi connectivity index (χ4n) is 3.83. The molecule has 1 aliphatic heterocycles. The van der Waals surface area contributed by atoms with E-state index in [4.69, 9.17) is 22.1 Å². The van der Waals surface area contributed by atoms with E-state index >= 15 is 4.39 Å². The van der Waals surface area contributed by atoms with Gasteiger partial charge in [0.2, 0.25) is 0 Å². The van der Waals surface area contributed by atoms with Gasteiger partial charge in [0.15, 0.2) is 5.82 Å². The monoisotopic (exact) mass is 599 g/mol. The molecular weight excluding hydrogens is 572 g/mol. The third kappa shape index (κ3) is 6.67. The average molecular weight is 600 g/mol. The minimum absolute atomic E-state index is 0.0642. The first kappa shape index (κ1) is 29.2. The predicted molar refractivity (Wildman–Crippen MR) is 146 cm³/mol. The van der Waals surface area contributed by atoms with Crippen LogP contribution in [-0.2, 0) is 21.3 Å². The zero-order valence-corrected chi connectivity index (χ0v) is 23.8. The molecule has 39 heavy (non-hydrogen) atoms. The summed E-state index contributed by atoms with van der Waals surface area (Å²) in [5.74, 6) is -2.04. The van der Waals surface area contributed by atoms with Gasteiger partial charge in [-0.05, 0) is 70.1 Å². The number of nitrogens with two attached hydrogens (primary N) is 1. The van der Waals surface area contributed by atoms with Gasteiger partial charge in [0.25, 0.3) is 10.0 Å². The van der Waals surface area contributed by atoms with Crippen LogP contribution in [-0.4, -0.2) is 43.1 Å². The van der Waals surface area contributed by atoms with Gasteiger partial charge in [-0.2, -0.15) is 0 Å². The number of hydrogen-bond acceptors (Lipinski definition) is 9. The molecule has 9 nitrogen and oxygen atoms in total. The molecule has 1 amide bonds. The van der Waals surface area contributed by atoms with Crippen molar-refractivity contribution in [2.75, 3.05) is 22.7 Å². The SMILES string of the molecule is CC(C)(C)OC(=O)N(c1cscn1)S(=O)(=O)c1cc(Cl)c(N[C@@H](N)c2cc(CN3CCC3)ccc2F)cc1F. The summed E-state index contributed by atoms with van der Waals surface area (Å²) in [4.78, 5) is 18.1. The second-order valence-electron chi connectivity index (χ2n) is 9.97. The molecule has 4 rings (SSSR count). The van der Waals surface area contributed by atoms with Gasteiger partial charge in [0.1, 0.15) is 28.3 Å². The Morgan fingerprint density at radius 1 is 1.26 bits per heavy atom. The van der Waals surface area contributed by atoms with Crippen LogP contribution in [0.1, 0.15) is 44.5 Å². The standard InChI is InChI=1S/C25H28ClF2N5O4S2/c1-25(2,3)37-24(34)33(22-13-38-14-30-22)39(35,36)21-10-17(26)20(11-19(21)28)31-23(29)16-9-15(5-6-18(16)27)12-32-7-4-8-32/h5-6,9-11,13-14,23,31H,4,7-8,12,29H2,1-3H3/t23-/m1/s1. The van der Waals surface area contributed by atoms with E-state index in [1.54, 1.807) is 32.9 Å². The molecule has 2 heterocycles. The third-order valence-corrected chi connectivity index (χ3v) is 8.36. The lowest BCUT2D eigenvalue weighted by molar-refractivity contribution is 0.0608. The fraction of sp³-hybridized carbons (Fsp3) is 0.360. The van der Waals surface area contributed by atoms with Crippen molar-refractivity contribution in [3.8, 4) is 0 Å². The number of amides is 1. The van der Waals surface area contributed by atoms with Crippen LogP contribution in [0.2, 0.25) is 5.02 Å². The molecule has 1 fully saturated rings. The highest BCUT2D eigenvalue weighted by molar-refractivity contribution is 7.93. The Hall–Kier alpha value is -2.84. The highest BCUT2D eigenvalue weighted by atomic mass is 35.5. The molecular formula is C25H28ClF2N5O4S2. The van der Waals surface area contributed by atoms with Crippen molar-refractivity contribution >= 4 is 50.6 Å². The molecule has 0 unspecified atom stereocenters. The van der Waals surface area contributed by atoms with Crippen LogP contribution >= 0.6 is 22.9 Å². The highest BCUT2D eigenvalue weighted by Gasteiger charge is 2.38. The van der Waals surface area contributed by atoms with Crippen molar-refractivity contribution in [3.63, 3.8) is 0 Å². The van der Waals surface area contributed by atoms with Crippen molar-refractivity contribution in [2.45, 2.75) is 50.4 Å². The molecule has 210 valence electrons. The smallest absolute Gasteiger partial charge is 0.430 e. The van der Waals surface area contributed by atoms with Crippen LogP contribution in [0, 0.1) is 11.6 Å². The van der Waals surface area contributed by atoms with E-state index in [1.165, 1.54) is 17.0 Å². The second kappa shape index (κ2) is 11.3.